The number of nitrogens with zero attached hydrogens (tertiary/aromatic N) is 2. The van der Waals surface area contributed by atoms with Gasteiger partial charge in [-0.3, -0.25) is 9.69 Å². The normalized spacial score (nSPS) is 18.8. The Morgan fingerprint density at radius 3 is 2.69 bits per heavy atom. The molecule has 140 valence electrons. The first-order valence-corrected chi connectivity index (χ1v) is 10.5. The minimum Gasteiger partial charge on any atom is -0.454 e. The maximum Gasteiger partial charge on any atom is 0.239 e. The van der Waals surface area contributed by atoms with Gasteiger partial charge >= 0.3 is 0 Å². The summed E-state index contributed by atoms with van der Waals surface area (Å²) in [7, 11) is 0. The van der Waals surface area contributed by atoms with Gasteiger partial charge in [-0.15, -0.1) is 0 Å². The lowest BCUT2D eigenvalue weighted by Gasteiger charge is -2.28. The van der Waals surface area contributed by atoms with E-state index in [4.69, 9.17) is 9.41 Å². The largest absolute Gasteiger partial charge is 0.454 e. The number of amidine groups is 1. The molecule has 0 N–H and O–H groups in total. The van der Waals surface area contributed by atoms with Gasteiger partial charge in [-0.2, -0.15) is 0 Å². The smallest absolute Gasteiger partial charge is 0.239 e. The fourth-order valence-corrected chi connectivity index (χ4v) is 4.96. The third-order valence-electron chi connectivity index (χ3n) is 5.43. The third-order valence-corrected chi connectivity index (χ3v) is 6.37. The van der Waals surface area contributed by atoms with Crippen molar-refractivity contribution in [1.82, 2.24) is 4.90 Å². The molecule has 1 amide bonds. The van der Waals surface area contributed by atoms with Crippen LogP contribution in [0.5, 0.6) is 0 Å². The van der Waals surface area contributed by atoms with Gasteiger partial charge in [0, 0.05) is 5.39 Å². The van der Waals surface area contributed by atoms with Crippen LogP contribution in [0.3, 0.4) is 0 Å². The van der Waals surface area contributed by atoms with E-state index in [0.717, 1.165) is 38.5 Å². The second kappa shape index (κ2) is 6.36. The van der Waals surface area contributed by atoms with Crippen LogP contribution in [0.25, 0.3) is 27.4 Å². The minimum atomic E-state index is -0.175. The van der Waals surface area contributed by atoms with Crippen LogP contribution in [-0.2, 0) is 4.79 Å². The Morgan fingerprint density at radius 1 is 0.966 bits per heavy atom. The molecule has 3 aromatic carbocycles. The Hall–Kier alpha value is -3.31. The molecule has 2 aliphatic heterocycles. The van der Waals surface area contributed by atoms with Gasteiger partial charge in [0.05, 0.1) is 11.8 Å². The van der Waals surface area contributed by atoms with Crippen molar-refractivity contribution in [2.45, 2.75) is 6.04 Å². The molecule has 29 heavy (non-hydrogen) atoms. The molecule has 1 saturated heterocycles. The van der Waals surface area contributed by atoms with Crippen LogP contribution in [0, 0.1) is 0 Å². The molecular formula is C24H16N2O2S. The molecule has 0 saturated carbocycles. The minimum absolute atomic E-state index is 0.0912. The fourth-order valence-electron chi connectivity index (χ4n) is 4.05. The van der Waals surface area contributed by atoms with E-state index in [1.807, 2.05) is 54.6 Å². The van der Waals surface area contributed by atoms with E-state index in [9.17, 15) is 4.79 Å². The molecule has 2 aliphatic rings. The molecule has 6 rings (SSSR count). The average Bonchev–Trinajstić information content (AvgIpc) is 3.38. The molecule has 1 fully saturated rings. The number of benzene rings is 3. The lowest BCUT2D eigenvalue weighted by Crippen LogP contribution is -2.34. The molecule has 4 aromatic rings. The van der Waals surface area contributed by atoms with Gasteiger partial charge in [0.25, 0.3) is 0 Å². The number of carbonyl (C=O) groups excluding carboxylic acids is 1. The molecule has 1 atom stereocenters. The van der Waals surface area contributed by atoms with Crippen molar-refractivity contribution < 1.29 is 9.21 Å². The molecular weight excluding hydrogens is 380 g/mol. The first kappa shape index (κ1) is 16.6. The number of thioether (sulfide) groups is 1. The summed E-state index contributed by atoms with van der Waals surface area (Å²) in [4.78, 5) is 19.1. The van der Waals surface area contributed by atoms with Crippen LogP contribution in [0.2, 0.25) is 0 Å². The van der Waals surface area contributed by atoms with E-state index in [0.29, 0.717) is 5.75 Å². The van der Waals surface area contributed by atoms with Gasteiger partial charge in [-0.25, -0.2) is 4.99 Å². The quantitative estimate of drug-likeness (QED) is 0.442. The lowest BCUT2D eigenvalue weighted by atomic mass is 10.0. The number of amides is 1. The van der Waals surface area contributed by atoms with Crippen LogP contribution in [0.4, 0.5) is 0 Å². The molecule has 5 heteroatoms. The highest BCUT2D eigenvalue weighted by Crippen LogP contribution is 2.40. The second-order valence-electron chi connectivity index (χ2n) is 7.16. The number of fused-ring (bicyclic) bond motifs is 4. The monoisotopic (exact) mass is 396 g/mol. The maximum absolute atomic E-state index is 12.5. The number of aliphatic imine (C=N–C) groups is 1. The average molecular weight is 396 g/mol. The van der Waals surface area contributed by atoms with Gasteiger partial charge in [-0.05, 0) is 34.5 Å². The number of furan rings is 1. The van der Waals surface area contributed by atoms with Crippen molar-refractivity contribution in [3.05, 3.63) is 90.2 Å². The van der Waals surface area contributed by atoms with Crippen LogP contribution in [0.1, 0.15) is 17.4 Å². The zero-order valence-electron chi connectivity index (χ0n) is 15.4. The summed E-state index contributed by atoms with van der Waals surface area (Å²) in [5, 5.41) is 4.16. The summed E-state index contributed by atoms with van der Waals surface area (Å²) in [5.41, 5.74) is 2.68. The predicted molar refractivity (Wildman–Crippen MR) is 118 cm³/mol. The highest BCUT2D eigenvalue weighted by atomic mass is 32.2. The highest BCUT2D eigenvalue weighted by Gasteiger charge is 2.37. The SMILES string of the molecule is O=C1CSC2=NC(c3cc4c(ccc5ccccc54)o3)=CC(c3ccccc3)N12. The summed E-state index contributed by atoms with van der Waals surface area (Å²) in [6.45, 7) is 0. The van der Waals surface area contributed by atoms with Crippen molar-refractivity contribution in [1.29, 1.82) is 0 Å². The molecule has 0 spiro atoms. The van der Waals surface area contributed by atoms with Crippen LogP contribution < -0.4 is 0 Å². The molecule has 1 unspecified atom stereocenters. The number of hydrogen-bond donors (Lipinski definition) is 0. The van der Waals surface area contributed by atoms with Gasteiger partial charge in [-0.1, -0.05) is 72.4 Å². The van der Waals surface area contributed by atoms with E-state index < -0.39 is 0 Å². The van der Waals surface area contributed by atoms with Gasteiger partial charge in [0.15, 0.2) is 10.9 Å². The molecule has 0 aliphatic carbocycles. The van der Waals surface area contributed by atoms with Crippen molar-refractivity contribution in [2.75, 3.05) is 5.75 Å². The number of carbonyl (C=O) groups is 1. The Balaban J connectivity index is 1.52. The number of rotatable bonds is 2. The molecule has 0 radical (unpaired) electrons. The highest BCUT2D eigenvalue weighted by molar-refractivity contribution is 8.15. The zero-order chi connectivity index (χ0) is 19.4. The third kappa shape index (κ3) is 2.62. The van der Waals surface area contributed by atoms with E-state index in [1.165, 1.54) is 17.1 Å². The summed E-state index contributed by atoms with van der Waals surface area (Å²) in [6, 6.07) is 24.3. The fraction of sp³-hybridized carbons (Fsp3) is 0.0833. The van der Waals surface area contributed by atoms with Gasteiger partial charge in [0.1, 0.15) is 11.3 Å². The van der Waals surface area contributed by atoms with E-state index in [-0.39, 0.29) is 11.9 Å². The summed E-state index contributed by atoms with van der Waals surface area (Å²) >= 11 is 1.48. The Bertz CT molecular complexity index is 1340. The molecule has 1 aromatic heterocycles. The Kier molecular flexibility index (Phi) is 3.64. The first-order chi connectivity index (χ1) is 14.3. The van der Waals surface area contributed by atoms with Crippen molar-refractivity contribution in [3.8, 4) is 0 Å². The first-order valence-electron chi connectivity index (χ1n) is 9.50. The van der Waals surface area contributed by atoms with Crippen LogP contribution >= 0.6 is 11.8 Å². The van der Waals surface area contributed by atoms with Crippen molar-refractivity contribution in [3.63, 3.8) is 0 Å². The maximum atomic E-state index is 12.5. The van der Waals surface area contributed by atoms with E-state index >= 15 is 0 Å². The second-order valence-corrected chi connectivity index (χ2v) is 8.11. The van der Waals surface area contributed by atoms with E-state index in [2.05, 4.69) is 24.3 Å². The zero-order valence-corrected chi connectivity index (χ0v) is 16.2. The Morgan fingerprint density at radius 2 is 1.79 bits per heavy atom. The van der Waals surface area contributed by atoms with E-state index in [1.54, 1.807) is 4.90 Å². The number of hydrogen-bond acceptors (Lipinski definition) is 4. The molecule has 4 nitrogen and oxygen atoms in total. The van der Waals surface area contributed by atoms with Crippen LogP contribution in [-0.4, -0.2) is 21.7 Å². The van der Waals surface area contributed by atoms with Crippen molar-refractivity contribution in [2.24, 2.45) is 4.99 Å². The molecule has 3 heterocycles. The Labute approximate surface area is 171 Å². The summed E-state index contributed by atoms with van der Waals surface area (Å²) in [6.07, 6.45) is 2.03. The lowest BCUT2D eigenvalue weighted by molar-refractivity contribution is -0.125. The van der Waals surface area contributed by atoms with Crippen LogP contribution in [0.15, 0.2) is 88.3 Å². The summed E-state index contributed by atoms with van der Waals surface area (Å²) < 4.78 is 6.19. The standard InChI is InChI=1S/C24H16N2O2S/c27-23-14-29-24-25-19(13-20(26(23)24)16-7-2-1-3-8-16)22-12-18-17-9-5-4-6-15(17)10-11-21(18)28-22/h1-13,20H,14H2. The van der Waals surface area contributed by atoms with Gasteiger partial charge in [0.2, 0.25) is 5.91 Å². The summed E-state index contributed by atoms with van der Waals surface area (Å²) in [5.74, 6) is 1.24. The van der Waals surface area contributed by atoms with Gasteiger partial charge < -0.3 is 4.42 Å². The predicted octanol–water partition coefficient (Wildman–Crippen LogP) is 5.61. The van der Waals surface area contributed by atoms with Crippen molar-refractivity contribution >= 4 is 50.3 Å². The molecule has 0 bridgehead atoms. The topological polar surface area (TPSA) is 45.8 Å².